The summed E-state index contributed by atoms with van der Waals surface area (Å²) in [7, 11) is 0. The first-order valence-corrected chi connectivity index (χ1v) is 35.8. The van der Waals surface area contributed by atoms with Crippen LogP contribution in [0.1, 0.15) is 164 Å². The van der Waals surface area contributed by atoms with Crippen molar-refractivity contribution in [2.24, 2.45) is 62.0 Å². The van der Waals surface area contributed by atoms with Crippen LogP contribution in [0.5, 0.6) is 11.5 Å². The van der Waals surface area contributed by atoms with Crippen LogP contribution in [-0.4, -0.2) is 166 Å². The number of hydrogen-bond acceptors (Lipinski definition) is 17. The summed E-state index contributed by atoms with van der Waals surface area (Å²) in [5, 5.41) is 47.6. The van der Waals surface area contributed by atoms with Crippen molar-refractivity contribution in [3.8, 4) is 11.5 Å². The summed E-state index contributed by atoms with van der Waals surface area (Å²) in [4.78, 5) is 134. The molecule has 0 aliphatic heterocycles. The number of aromatic hydroxyl groups is 2. The summed E-state index contributed by atoms with van der Waals surface area (Å²) in [6.07, 6.45) is 3.99. The molecule has 0 heterocycles. The number of aliphatic carboxylic acids is 1. The highest BCUT2D eigenvalue weighted by molar-refractivity contribution is 5.95. The molecule has 26 N–H and O–H groups in total. The molecule has 4 rings (SSSR count). The Labute approximate surface area is 645 Å². The Kier molecular flexibility index (Phi) is 45.4. The van der Waals surface area contributed by atoms with Crippen molar-refractivity contribution in [3.63, 3.8) is 0 Å². The van der Waals surface area contributed by atoms with Gasteiger partial charge in [-0.2, -0.15) is 0 Å². The van der Waals surface area contributed by atoms with Gasteiger partial charge in [0.1, 0.15) is 52.9 Å². The number of halogens is 1. The number of hydrogen-bond donors (Lipinski definition) is 17. The molecule has 0 radical (unpaired) electrons. The number of phenols is 2. The minimum Gasteiger partial charge on any atom is -0.508 e. The highest BCUT2D eigenvalue weighted by atomic mass is 35.5. The zero-order chi connectivity index (χ0) is 80.7. The largest absolute Gasteiger partial charge is 0.508 e. The number of aliphatic imine (C=N–C) groups is 2. The molecule has 0 saturated heterocycles. The molecular formula is C76H121ClN16O16. The topological polar surface area (TPSA) is 572 Å². The van der Waals surface area contributed by atoms with E-state index in [1.165, 1.54) is 0 Å². The lowest BCUT2D eigenvalue weighted by atomic mass is 9.94. The Hall–Kier alpha value is -10.5. The first-order chi connectivity index (χ1) is 50.0. The molecule has 0 bridgehead atoms. The summed E-state index contributed by atoms with van der Waals surface area (Å²) >= 11 is 0. The van der Waals surface area contributed by atoms with E-state index in [1.807, 2.05) is 62.4 Å². The van der Waals surface area contributed by atoms with E-state index in [9.17, 15) is 58.2 Å². The molecule has 608 valence electrons. The van der Waals surface area contributed by atoms with Gasteiger partial charge in [0.25, 0.3) is 0 Å². The molecule has 0 aliphatic rings. The van der Waals surface area contributed by atoms with Gasteiger partial charge in [-0.05, 0) is 209 Å². The van der Waals surface area contributed by atoms with Gasteiger partial charge in [-0.25, -0.2) is 9.59 Å². The molecule has 0 saturated carbocycles. The third-order valence-electron chi connectivity index (χ3n) is 16.5. The number of carboxylic acids is 1. The monoisotopic (exact) mass is 1550 g/mol. The molecule has 4 aromatic rings. The number of benzene rings is 4. The number of primary amides is 2. The van der Waals surface area contributed by atoms with Crippen molar-refractivity contribution in [1.82, 2.24) is 37.2 Å². The van der Waals surface area contributed by atoms with Crippen LogP contribution in [0.2, 0.25) is 0 Å². The molecule has 0 aliphatic carbocycles. The number of carbonyl (C=O) groups excluding carboxylic acids is 9. The number of phenolic OH excluding ortho intramolecular Hbond substituents is 2. The number of unbranched alkanes of at least 4 members (excludes halogenated alkanes) is 2. The lowest BCUT2D eigenvalue weighted by molar-refractivity contribution is -0.141. The minimum absolute atomic E-state index is 0. The number of aryl methyl sites for hydroxylation is 4. The number of nitrogens with two attached hydrogens (primary N) is 7. The van der Waals surface area contributed by atoms with Gasteiger partial charge in [0.15, 0.2) is 11.9 Å². The number of nitrogens with one attached hydrogen (secondary N) is 7. The molecular weight excluding hydrogens is 1430 g/mol. The van der Waals surface area contributed by atoms with Crippen molar-refractivity contribution in [1.29, 1.82) is 0 Å². The van der Waals surface area contributed by atoms with E-state index in [-0.39, 0.29) is 98.2 Å². The molecule has 9 amide bonds. The summed E-state index contributed by atoms with van der Waals surface area (Å²) in [5.41, 5.74) is 43.4. The predicted molar refractivity (Wildman–Crippen MR) is 422 cm³/mol. The van der Waals surface area contributed by atoms with E-state index < -0.39 is 107 Å². The fourth-order valence-electron chi connectivity index (χ4n) is 10.8. The second-order valence-corrected chi connectivity index (χ2v) is 28.5. The molecule has 0 unspecified atom stereocenters. The van der Waals surface area contributed by atoms with Crippen LogP contribution >= 0.6 is 12.4 Å². The van der Waals surface area contributed by atoms with Crippen LogP contribution in [0.4, 0.5) is 9.59 Å². The van der Waals surface area contributed by atoms with Crippen molar-refractivity contribution in [3.05, 3.63) is 129 Å². The van der Waals surface area contributed by atoms with Gasteiger partial charge in [0.2, 0.25) is 41.4 Å². The van der Waals surface area contributed by atoms with Gasteiger partial charge in [0.05, 0.1) is 12.0 Å². The van der Waals surface area contributed by atoms with Crippen LogP contribution < -0.4 is 77.4 Å². The van der Waals surface area contributed by atoms with Gasteiger partial charge >= 0.3 is 18.2 Å². The van der Waals surface area contributed by atoms with Crippen LogP contribution in [-0.2, 0) is 73.5 Å². The quantitative estimate of drug-likeness (QED) is 0.0172. The second kappa shape index (κ2) is 50.2. The molecule has 32 nitrogen and oxygen atoms in total. The lowest BCUT2D eigenvalue weighted by Gasteiger charge is -2.26. The number of amides is 9. The van der Waals surface area contributed by atoms with E-state index in [0.29, 0.717) is 71.0 Å². The van der Waals surface area contributed by atoms with E-state index >= 15 is 0 Å². The number of alkyl carbamates (subject to hydrolysis) is 2. The van der Waals surface area contributed by atoms with E-state index in [0.717, 1.165) is 44.5 Å². The third kappa shape index (κ3) is 42.0. The number of rotatable bonds is 39. The summed E-state index contributed by atoms with van der Waals surface area (Å²) < 4.78 is 10.5. The van der Waals surface area contributed by atoms with Gasteiger partial charge < -0.3 is 108 Å². The Morgan fingerprint density at radius 1 is 0.440 bits per heavy atom. The highest BCUT2D eigenvalue weighted by Gasteiger charge is 2.33. The van der Waals surface area contributed by atoms with Crippen LogP contribution in [0.25, 0.3) is 0 Å². The average Bonchev–Trinajstić information content (AvgIpc) is 0.836. The average molecular weight is 1550 g/mol. The van der Waals surface area contributed by atoms with Crippen LogP contribution in [0.3, 0.4) is 0 Å². The number of carboxylic acid groups (broad SMARTS) is 1. The molecule has 0 spiro atoms. The maximum atomic E-state index is 14.1. The Balaban J connectivity index is 0.00000186. The first-order valence-electron chi connectivity index (χ1n) is 35.8. The van der Waals surface area contributed by atoms with Crippen molar-refractivity contribution < 1.29 is 78.2 Å². The van der Waals surface area contributed by atoms with Crippen LogP contribution in [0, 0.1) is 39.5 Å². The standard InChI is InChI=1S/C38H58N8O7.C31H45N5O6.C7H15N3O2.ClH.H2O/c1-23(13-12-18-42-36(40)41)33(49)46-31(22-28-24(2)19-27(47)20-25(28)3)35(51)44-29(16-10-11-17-43-37(52)53-38(4,5)6)34(50)45-30(32(39)48)21-26-14-8-7-9-15-26;1-19-15-22(37)16-20(2)23(19)18-24(32)28(39)35-25(13-9-10-14-34-30(41)42-31(3,4)5)29(40)36-26(27(33)38)17-21-11-7-6-8-12-21;1-5(6(11)12)3-2-4-10-7(8)9;;/h7-9,14-15,19-20,23,29-31,47H,10-13,16-18,21-22H2,1-6H3,(H2,39,48)(H,43,52)(H,44,51)(H,45,50)(H,46,49)(H4,40,41,42);6-8,11-12,15-16,24-26,37H,9-10,13-14,17-18,32H2,1-5H3,(H2,33,38)(H,34,41)(H,35,39)(H,36,40);5H,2-4H2,1H3,(H,11,12)(H4,8,9,10);1H;1H2/t23-,29+,30+,31+;24-,25+,26+;5-;;/m111../s1. The first kappa shape index (κ1) is 98.5. The number of ether oxygens (including phenoxy) is 2. The number of guanidine groups is 2. The summed E-state index contributed by atoms with van der Waals surface area (Å²) in [6.45, 7) is 22.6. The van der Waals surface area contributed by atoms with E-state index in [4.69, 9.17) is 54.7 Å². The van der Waals surface area contributed by atoms with Crippen molar-refractivity contribution in [2.75, 3.05) is 26.2 Å². The van der Waals surface area contributed by atoms with E-state index in [1.54, 1.807) is 106 Å². The normalized spacial score (nSPS) is 13.0. The Morgan fingerprint density at radius 2 is 0.771 bits per heavy atom. The zero-order valence-corrected chi connectivity index (χ0v) is 65.8. The van der Waals surface area contributed by atoms with Gasteiger partial charge in [0, 0.05) is 51.4 Å². The molecule has 33 heteroatoms. The van der Waals surface area contributed by atoms with Gasteiger partial charge in [-0.1, -0.05) is 74.5 Å². The number of nitrogens with zero attached hydrogens (tertiary/aromatic N) is 2. The predicted octanol–water partition coefficient (Wildman–Crippen LogP) is 3.75. The fraction of sp³-hybridized carbons (Fsp3) is 0.526. The summed E-state index contributed by atoms with van der Waals surface area (Å²) in [6, 6.07) is 18.3. The smallest absolute Gasteiger partial charge is 0.407 e. The van der Waals surface area contributed by atoms with E-state index in [2.05, 4.69) is 47.2 Å². The Bertz CT molecular complexity index is 3560. The number of carbonyl (C=O) groups is 10. The lowest BCUT2D eigenvalue weighted by Crippen LogP contribution is -2.57. The highest BCUT2D eigenvalue weighted by Crippen LogP contribution is 2.25. The van der Waals surface area contributed by atoms with Gasteiger partial charge in [-0.15, -0.1) is 12.4 Å². The molecule has 4 aromatic carbocycles. The third-order valence-corrected chi connectivity index (χ3v) is 16.5. The zero-order valence-electron chi connectivity index (χ0n) is 65.0. The molecule has 0 fully saturated rings. The van der Waals surface area contributed by atoms with Crippen molar-refractivity contribution >= 4 is 83.8 Å². The second-order valence-electron chi connectivity index (χ2n) is 28.5. The van der Waals surface area contributed by atoms with Gasteiger partial charge in [-0.3, -0.25) is 48.3 Å². The molecule has 109 heavy (non-hydrogen) atoms. The minimum atomic E-state index is -1.12. The maximum absolute atomic E-state index is 14.1. The molecule has 0 aromatic heterocycles. The Morgan fingerprint density at radius 3 is 1.12 bits per heavy atom. The SMILES string of the molecule is C[C@H](CCCN=C(N)N)C(=O)O.Cc1cc(O)cc(C)c1C[C@@H](N)C(=O)N[C@@H](CCCCNC(=O)OC(C)(C)C)C(=O)N[C@@H](Cc1ccccc1)C(N)=O.Cc1cc(O)cc(C)c1C[C@H](NC(=O)[C@H](C)CCCN=C(N)N)C(=O)N[C@@H](CCCCNC(=O)OC(C)(C)C)C(=O)N[C@@H](Cc1ccccc1)C(N)=O.Cl.O. The summed E-state index contributed by atoms with van der Waals surface area (Å²) in [5.74, 6) is -5.56. The molecule has 8 atom stereocenters. The maximum Gasteiger partial charge on any atom is 0.407 e. The van der Waals surface area contributed by atoms with Crippen LogP contribution in [0.15, 0.2) is 94.9 Å². The van der Waals surface area contributed by atoms with Crippen molar-refractivity contribution in [2.45, 2.75) is 220 Å². The fourth-order valence-corrected chi connectivity index (χ4v) is 10.8.